The van der Waals surface area contributed by atoms with Crippen LogP contribution in [0, 0.1) is 17.8 Å². The van der Waals surface area contributed by atoms with Crippen LogP contribution in [0.5, 0.6) is 0 Å². The van der Waals surface area contributed by atoms with Crippen LogP contribution >= 0.6 is 0 Å². The van der Waals surface area contributed by atoms with Crippen molar-refractivity contribution in [3.63, 3.8) is 0 Å². The Morgan fingerprint density at radius 2 is 1.84 bits per heavy atom. The zero-order valence-electron chi connectivity index (χ0n) is 11.2. The van der Waals surface area contributed by atoms with E-state index in [0.717, 1.165) is 45.2 Å². The van der Waals surface area contributed by atoms with Crippen molar-refractivity contribution in [2.75, 3.05) is 19.6 Å². The molecular weight excluding hydrogens is 244 g/mol. The molecule has 3 fully saturated rings. The smallest absolute Gasteiger partial charge is 0.326 e. The predicted octanol–water partition coefficient (Wildman–Crippen LogP) is 0.698. The third-order valence-electron chi connectivity index (χ3n) is 5.11. The zero-order valence-corrected chi connectivity index (χ0v) is 11.2. The maximum absolute atomic E-state index is 12.6. The molecule has 0 aromatic rings. The van der Waals surface area contributed by atoms with Gasteiger partial charge >= 0.3 is 5.97 Å². The summed E-state index contributed by atoms with van der Waals surface area (Å²) < 4.78 is 0. The van der Waals surface area contributed by atoms with Crippen LogP contribution in [0.15, 0.2) is 0 Å². The number of carbonyl (C=O) groups excluding carboxylic acids is 1. The molecule has 0 aromatic heterocycles. The number of likely N-dealkylation sites (tertiary alicyclic amines) is 1. The summed E-state index contributed by atoms with van der Waals surface area (Å²) in [5, 5.41) is 12.7. The highest BCUT2D eigenvalue weighted by Crippen LogP contribution is 2.43. The van der Waals surface area contributed by atoms with Crippen LogP contribution in [0.4, 0.5) is 0 Å². The number of carboxylic acids is 1. The number of carboxylic acid groups (broad SMARTS) is 1. The average molecular weight is 266 g/mol. The van der Waals surface area contributed by atoms with Gasteiger partial charge in [0.1, 0.15) is 6.04 Å². The van der Waals surface area contributed by atoms with Crippen LogP contribution in [0.3, 0.4) is 0 Å². The van der Waals surface area contributed by atoms with E-state index in [1.165, 1.54) is 0 Å². The molecule has 0 bridgehead atoms. The van der Waals surface area contributed by atoms with Crippen LogP contribution < -0.4 is 5.32 Å². The van der Waals surface area contributed by atoms with E-state index in [1.54, 1.807) is 4.90 Å². The molecule has 1 amide bonds. The van der Waals surface area contributed by atoms with Gasteiger partial charge in [0.05, 0.1) is 0 Å². The number of nitrogens with one attached hydrogen (secondary N) is 1. The number of piperidine rings is 1. The Balaban J connectivity index is 1.75. The fourth-order valence-corrected chi connectivity index (χ4v) is 4.15. The molecule has 2 heterocycles. The number of fused-ring (bicyclic) bond motifs is 1. The molecule has 19 heavy (non-hydrogen) atoms. The van der Waals surface area contributed by atoms with Gasteiger partial charge in [-0.25, -0.2) is 4.79 Å². The summed E-state index contributed by atoms with van der Waals surface area (Å²) in [4.78, 5) is 25.8. The molecule has 3 atom stereocenters. The molecule has 106 valence electrons. The Morgan fingerprint density at radius 3 is 2.53 bits per heavy atom. The third-order valence-corrected chi connectivity index (χ3v) is 5.11. The van der Waals surface area contributed by atoms with Gasteiger partial charge in [0.25, 0.3) is 0 Å². The second-order valence-corrected chi connectivity index (χ2v) is 6.15. The Bertz CT molecular complexity index is 379. The van der Waals surface area contributed by atoms with E-state index >= 15 is 0 Å². The van der Waals surface area contributed by atoms with E-state index in [2.05, 4.69) is 5.32 Å². The van der Waals surface area contributed by atoms with Crippen molar-refractivity contribution in [2.24, 2.45) is 17.8 Å². The molecule has 5 heteroatoms. The number of hydrogen-bond donors (Lipinski definition) is 2. The van der Waals surface area contributed by atoms with Crippen molar-refractivity contribution in [1.82, 2.24) is 10.2 Å². The molecule has 2 aliphatic heterocycles. The summed E-state index contributed by atoms with van der Waals surface area (Å²) in [5.74, 6) is -0.0724. The molecule has 2 N–H and O–H groups in total. The largest absolute Gasteiger partial charge is 0.480 e. The van der Waals surface area contributed by atoms with Gasteiger partial charge in [0.15, 0.2) is 0 Å². The van der Waals surface area contributed by atoms with Gasteiger partial charge in [0.2, 0.25) is 5.91 Å². The summed E-state index contributed by atoms with van der Waals surface area (Å²) >= 11 is 0. The quantitative estimate of drug-likeness (QED) is 0.772. The lowest BCUT2D eigenvalue weighted by Gasteiger charge is -2.30. The van der Waals surface area contributed by atoms with Crippen LogP contribution in [0.25, 0.3) is 0 Å². The predicted molar refractivity (Wildman–Crippen MR) is 69.6 cm³/mol. The van der Waals surface area contributed by atoms with Crippen LogP contribution in [-0.4, -0.2) is 47.6 Å². The van der Waals surface area contributed by atoms with Crippen LogP contribution in [-0.2, 0) is 9.59 Å². The van der Waals surface area contributed by atoms with E-state index in [9.17, 15) is 14.7 Å². The first-order chi connectivity index (χ1) is 9.18. The van der Waals surface area contributed by atoms with Crippen molar-refractivity contribution in [3.8, 4) is 0 Å². The number of aliphatic carboxylic acids is 1. The number of rotatable bonds is 2. The van der Waals surface area contributed by atoms with Crippen LogP contribution in [0.2, 0.25) is 0 Å². The molecule has 5 nitrogen and oxygen atoms in total. The first kappa shape index (κ1) is 12.9. The van der Waals surface area contributed by atoms with Crippen molar-refractivity contribution in [2.45, 2.75) is 38.1 Å². The summed E-state index contributed by atoms with van der Waals surface area (Å²) in [6.07, 6.45) is 4.87. The summed E-state index contributed by atoms with van der Waals surface area (Å²) in [6.45, 7) is 2.41. The number of carbonyl (C=O) groups is 2. The van der Waals surface area contributed by atoms with Gasteiger partial charge in [-0.15, -0.1) is 0 Å². The van der Waals surface area contributed by atoms with E-state index < -0.39 is 12.0 Å². The Kier molecular flexibility index (Phi) is 3.48. The maximum atomic E-state index is 12.6. The molecule has 2 saturated heterocycles. The highest BCUT2D eigenvalue weighted by atomic mass is 16.4. The monoisotopic (exact) mass is 266 g/mol. The van der Waals surface area contributed by atoms with Crippen LogP contribution in [0.1, 0.15) is 32.1 Å². The Morgan fingerprint density at radius 1 is 1.11 bits per heavy atom. The molecule has 1 aliphatic carbocycles. The molecule has 0 radical (unpaired) electrons. The molecule has 3 rings (SSSR count). The standard InChI is InChI=1S/C14H22N2O3/c17-13(9-4-6-15-7-5-9)16-8-10-2-1-3-11(10)12(16)14(18)19/h9-12,15H,1-8H2,(H,18,19). The minimum absolute atomic E-state index is 0.0296. The van der Waals surface area contributed by atoms with E-state index in [4.69, 9.17) is 0 Å². The molecule has 3 aliphatic rings. The molecule has 0 spiro atoms. The summed E-state index contributed by atoms with van der Waals surface area (Å²) in [5.41, 5.74) is 0. The summed E-state index contributed by atoms with van der Waals surface area (Å²) in [7, 11) is 0. The zero-order chi connectivity index (χ0) is 13.4. The van der Waals surface area contributed by atoms with E-state index in [-0.39, 0.29) is 17.7 Å². The average Bonchev–Trinajstić information content (AvgIpc) is 2.98. The van der Waals surface area contributed by atoms with Gasteiger partial charge in [-0.05, 0) is 50.6 Å². The van der Waals surface area contributed by atoms with Gasteiger partial charge in [-0.2, -0.15) is 0 Å². The van der Waals surface area contributed by atoms with Gasteiger partial charge < -0.3 is 15.3 Å². The lowest BCUT2D eigenvalue weighted by molar-refractivity contribution is -0.151. The number of amides is 1. The van der Waals surface area contributed by atoms with Crippen molar-refractivity contribution in [3.05, 3.63) is 0 Å². The van der Waals surface area contributed by atoms with Gasteiger partial charge in [0, 0.05) is 12.5 Å². The molecule has 1 saturated carbocycles. The Labute approximate surface area is 113 Å². The third kappa shape index (κ3) is 2.24. The summed E-state index contributed by atoms with van der Waals surface area (Å²) in [6, 6.07) is -0.560. The first-order valence-corrected chi connectivity index (χ1v) is 7.42. The molecular formula is C14H22N2O3. The van der Waals surface area contributed by atoms with E-state index in [0.29, 0.717) is 12.5 Å². The highest BCUT2D eigenvalue weighted by molar-refractivity contribution is 5.86. The molecule has 0 aromatic carbocycles. The topological polar surface area (TPSA) is 69.6 Å². The lowest BCUT2D eigenvalue weighted by atomic mass is 9.93. The lowest BCUT2D eigenvalue weighted by Crippen LogP contribution is -2.47. The normalized spacial score (nSPS) is 35.4. The SMILES string of the molecule is O=C(O)C1C2CCCC2CN1C(=O)C1CCNCC1. The minimum atomic E-state index is -0.809. The fraction of sp³-hybridized carbons (Fsp3) is 0.857. The second-order valence-electron chi connectivity index (χ2n) is 6.15. The maximum Gasteiger partial charge on any atom is 0.326 e. The van der Waals surface area contributed by atoms with Crippen molar-refractivity contribution >= 4 is 11.9 Å². The van der Waals surface area contributed by atoms with Gasteiger partial charge in [-0.1, -0.05) is 6.42 Å². The van der Waals surface area contributed by atoms with Crippen molar-refractivity contribution in [1.29, 1.82) is 0 Å². The van der Waals surface area contributed by atoms with Crippen molar-refractivity contribution < 1.29 is 14.7 Å². The number of nitrogens with zero attached hydrogens (tertiary/aromatic N) is 1. The minimum Gasteiger partial charge on any atom is -0.480 e. The number of hydrogen-bond acceptors (Lipinski definition) is 3. The Hall–Kier alpha value is -1.10. The first-order valence-electron chi connectivity index (χ1n) is 7.42. The molecule has 3 unspecified atom stereocenters. The van der Waals surface area contributed by atoms with Gasteiger partial charge in [-0.3, -0.25) is 4.79 Å². The fourth-order valence-electron chi connectivity index (χ4n) is 4.15. The second kappa shape index (κ2) is 5.12. The highest BCUT2D eigenvalue weighted by Gasteiger charge is 2.50. The van der Waals surface area contributed by atoms with E-state index in [1.807, 2.05) is 0 Å².